The summed E-state index contributed by atoms with van der Waals surface area (Å²) >= 11 is 8.80. The summed E-state index contributed by atoms with van der Waals surface area (Å²) < 4.78 is 6.84. The van der Waals surface area contributed by atoms with Gasteiger partial charge in [0.1, 0.15) is 18.3 Å². The highest BCUT2D eigenvalue weighted by Crippen LogP contribution is 2.23. The van der Waals surface area contributed by atoms with Crippen LogP contribution in [0.3, 0.4) is 0 Å². The normalized spacial score (nSPS) is 21.8. The average molecular weight is 326 g/mol. The van der Waals surface area contributed by atoms with Gasteiger partial charge in [0, 0.05) is 10.0 Å². The fraction of sp³-hybridized carbons (Fsp3) is 0.333. The van der Waals surface area contributed by atoms with E-state index in [-0.39, 0.29) is 0 Å². The van der Waals surface area contributed by atoms with Crippen molar-refractivity contribution in [2.24, 2.45) is 10.1 Å². The Morgan fingerprint density at radius 2 is 1.83 bits per heavy atom. The van der Waals surface area contributed by atoms with E-state index in [9.17, 15) is 0 Å². The lowest BCUT2D eigenvalue weighted by atomic mass is 10.2. The largest absolute Gasteiger partial charge is 0.697 e. The van der Waals surface area contributed by atoms with Gasteiger partial charge in [-0.2, -0.15) is 9.58 Å². The zero-order valence-electron chi connectivity index (χ0n) is 9.67. The van der Waals surface area contributed by atoms with Crippen molar-refractivity contribution in [1.82, 2.24) is 0 Å². The first kappa shape index (κ1) is 12.2. The molecule has 1 spiro atoms. The second kappa shape index (κ2) is 4.70. The molecule has 6 heteroatoms. The molecule has 1 aromatic carbocycles. The fourth-order valence-electron chi connectivity index (χ4n) is 2.09. The molecule has 0 bridgehead atoms. The van der Waals surface area contributed by atoms with E-state index in [1.807, 2.05) is 24.3 Å². The number of morpholine rings is 1. The van der Waals surface area contributed by atoms with Crippen LogP contribution in [-0.4, -0.2) is 41.9 Å². The molecular formula is C12H12BrN3OS. The molecule has 18 heavy (non-hydrogen) atoms. The van der Waals surface area contributed by atoms with Crippen LogP contribution in [0.2, 0.25) is 0 Å². The van der Waals surface area contributed by atoms with Crippen molar-refractivity contribution in [3.05, 3.63) is 34.3 Å². The van der Waals surface area contributed by atoms with Crippen LogP contribution >= 0.6 is 15.9 Å². The monoisotopic (exact) mass is 325 g/mol. The standard InChI is InChI=1S/C12H12BrN3OS/c13-10-3-1-9(2-4-10)11-14-12(18)16(15-11)5-7-17-8-6-16/h1-4H,5-8H2. The molecule has 1 aromatic rings. The second-order valence-electron chi connectivity index (χ2n) is 4.31. The van der Waals surface area contributed by atoms with E-state index >= 15 is 0 Å². The van der Waals surface area contributed by atoms with Crippen LogP contribution in [0.1, 0.15) is 5.56 Å². The maximum absolute atomic E-state index is 5.38. The van der Waals surface area contributed by atoms with Crippen LogP contribution in [0.5, 0.6) is 0 Å². The maximum Gasteiger partial charge on any atom is 0.218 e. The number of ether oxygens (including phenoxy) is 1. The third kappa shape index (κ3) is 2.09. The molecule has 0 amide bonds. The third-order valence-electron chi connectivity index (χ3n) is 3.16. The van der Waals surface area contributed by atoms with E-state index in [2.05, 4.69) is 20.9 Å². The molecule has 0 N–H and O–H groups in total. The lowest BCUT2D eigenvalue weighted by Gasteiger charge is -2.35. The molecule has 0 atom stereocenters. The predicted octanol–water partition coefficient (Wildman–Crippen LogP) is 1.87. The number of hydrogen-bond donors (Lipinski definition) is 0. The Morgan fingerprint density at radius 1 is 1.17 bits per heavy atom. The number of benzene rings is 1. The van der Waals surface area contributed by atoms with Gasteiger partial charge in [0.2, 0.25) is 5.84 Å². The molecule has 94 valence electrons. The SMILES string of the molecule is [S-]C1=NC(c2ccc(Br)cc2)=N[N+]12CCOCC2. The van der Waals surface area contributed by atoms with Gasteiger partial charge in [-0.3, -0.25) is 0 Å². The molecule has 2 heterocycles. The highest BCUT2D eigenvalue weighted by atomic mass is 79.9. The summed E-state index contributed by atoms with van der Waals surface area (Å²) in [7, 11) is 0. The smallest absolute Gasteiger partial charge is 0.218 e. The highest BCUT2D eigenvalue weighted by Gasteiger charge is 2.36. The van der Waals surface area contributed by atoms with Gasteiger partial charge in [0.25, 0.3) is 0 Å². The van der Waals surface area contributed by atoms with E-state index in [0.29, 0.717) is 23.0 Å². The van der Waals surface area contributed by atoms with E-state index in [0.717, 1.165) is 29.0 Å². The number of rotatable bonds is 1. The number of halogens is 1. The Kier molecular flexibility index (Phi) is 3.19. The first-order chi connectivity index (χ1) is 8.70. The van der Waals surface area contributed by atoms with E-state index in [1.165, 1.54) is 0 Å². The molecule has 3 rings (SSSR count). The minimum absolute atomic E-state index is 0.431. The molecule has 0 unspecified atom stereocenters. The van der Waals surface area contributed by atoms with Crippen molar-refractivity contribution in [2.75, 3.05) is 26.3 Å². The summed E-state index contributed by atoms with van der Waals surface area (Å²) in [4.78, 5) is 4.45. The molecule has 4 nitrogen and oxygen atoms in total. The molecule has 1 saturated heterocycles. The molecule has 1 fully saturated rings. The number of quaternary nitrogens is 1. The van der Waals surface area contributed by atoms with Crippen molar-refractivity contribution in [2.45, 2.75) is 0 Å². The summed E-state index contributed by atoms with van der Waals surface area (Å²) in [6.07, 6.45) is 0. The van der Waals surface area contributed by atoms with Crippen molar-refractivity contribution in [1.29, 1.82) is 0 Å². The quantitative estimate of drug-likeness (QED) is 0.583. The Hall–Kier alpha value is -0.820. The van der Waals surface area contributed by atoms with Crippen LogP contribution in [0.25, 0.3) is 0 Å². The van der Waals surface area contributed by atoms with Gasteiger partial charge in [0.15, 0.2) is 0 Å². The topological polar surface area (TPSA) is 34.0 Å². The maximum atomic E-state index is 5.38. The first-order valence-corrected chi connectivity index (χ1v) is 6.97. The summed E-state index contributed by atoms with van der Waals surface area (Å²) in [5.41, 5.74) is 1.00. The van der Waals surface area contributed by atoms with Gasteiger partial charge in [0.05, 0.1) is 13.2 Å². The molecular weight excluding hydrogens is 314 g/mol. The zero-order chi connectivity index (χ0) is 12.6. The van der Waals surface area contributed by atoms with Crippen molar-refractivity contribution >= 4 is 39.6 Å². The van der Waals surface area contributed by atoms with Crippen LogP contribution in [-0.2, 0) is 17.4 Å². The van der Waals surface area contributed by atoms with Gasteiger partial charge in [-0.1, -0.05) is 21.0 Å². The molecule has 0 radical (unpaired) electrons. The molecule has 0 aliphatic carbocycles. The molecule has 0 aromatic heterocycles. The van der Waals surface area contributed by atoms with Gasteiger partial charge in [-0.05, 0) is 24.3 Å². The number of aliphatic imine (C=N–C) groups is 1. The van der Waals surface area contributed by atoms with Crippen molar-refractivity contribution < 1.29 is 9.33 Å². The minimum Gasteiger partial charge on any atom is -0.697 e. The van der Waals surface area contributed by atoms with E-state index in [4.69, 9.17) is 22.5 Å². The van der Waals surface area contributed by atoms with Crippen LogP contribution < -0.4 is 0 Å². The average Bonchev–Trinajstić information content (AvgIpc) is 2.69. The minimum atomic E-state index is 0.431. The Morgan fingerprint density at radius 3 is 2.50 bits per heavy atom. The van der Waals surface area contributed by atoms with Crippen molar-refractivity contribution in [3.63, 3.8) is 0 Å². The van der Waals surface area contributed by atoms with Gasteiger partial charge < -0.3 is 17.4 Å². The first-order valence-electron chi connectivity index (χ1n) is 5.77. The highest BCUT2D eigenvalue weighted by molar-refractivity contribution is 9.10. The van der Waals surface area contributed by atoms with E-state index in [1.54, 1.807) is 0 Å². The Labute approximate surface area is 119 Å². The lowest BCUT2D eigenvalue weighted by molar-refractivity contribution is -0.851. The van der Waals surface area contributed by atoms with Crippen LogP contribution in [0.15, 0.2) is 38.8 Å². The summed E-state index contributed by atoms with van der Waals surface area (Å²) in [5, 5.41) is 5.36. The van der Waals surface area contributed by atoms with Crippen molar-refractivity contribution in [3.8, 4) is 0 Å². The number of amidine groups is 2. The molecule has 0 saturated carbocycles. The Balaban J connectivity index is 1.95. The summed E-state index contributed by atoms with van der Waals surface area (Å²) in [5.74, 6) is 0.731. The third-order valence-corrected chi connectivity index (χ3v) is 4.12. The Bertz CT molecular complexity index is 521. The lowest BCUT2D eigenvalue weighted by Crippen LogP contribution is -2.52. The molecule has 2 aliphatic heterocycles. The van der Waals surface area contributed by atoms with Gasteiger partial charge in [-0.15, -0.1) is 0 Å². The zero-order valence-corrected chi connectivity index (χ0v) is 12.1. The summed E-state index contributed by atoms with van der Waals surface area (Å²) in [6.45, 7) is 2.93. The number of nitrogens with zero attached hydrogens (tertiary/aromatic N) is 3. The van der Waals surface area contributed by atoms with Gasteiger partial charge >= 0.3 is 0 Å². The van der Waals surface area contributed by atoms with E-state index < -0.39 is 0 Å². The fourth-order valence-corrected chi connectivity index (χ4v) is 2.66. The predicted molar refractivity (Wildman–Crippen MR) is 76.3 cm³/mol. The van der Waals surface area contributed by atoms with Gasteiger partial charge in [-0.25, -0.2) is 0 Å². The summed E-state index contributed by atoms with van der Waals surface area (Å²) in [6, 6.07) is 7.96. The van der Waals surface area contributed by atoms with Crippen LogP contribution in [0, 0.1) is 0 Å². The molecule has 2 aliphatic rings. The van der Waals surface area contributed by atoms with Crippen LogP contribution in [0.4, 0.5) is 0 Å². The number of hydrogen-bond acceptors (Lipinski definition) is 4. The second-order valence-corrected chi connectivity index (χ2v) is 5.59.